The van der Waals surface area contributed by atoms with Crippen LogP contribution in [0.1, 0.15) is 25.6 Å². The summed E-state index contributed by atoms with van der Waals surface area (Å²) in [7, 11) is 0. The molecule has 43 heavy (non-hydrogen) atoms. The van der Waals surface area contributed by atoms with E-state index in [1.54, 1.807) is 0 Å². The summed E-state index contributed by atoms with van der Waals surface area (Å²) in [6, 6.07) is 50.8. The van der Waals surface area contributed by atoms with Gasteiger partial charge in [0.15, 0.2) is 0 Å². The number of aromatic nitrogens is 2. The minimum atomic E-state index is 0.971. The molecule has 0 aliphatic carbocycles. The Morgan fingerprint density at radius 3 is 1.77 bits per heavy atom. The van der Waals surface area contributed by atoms with Crippen molar-refractivity contribution in [2.75, 3.05) is 0 Å². The summed E-state index contributed by atoms with van der Waals surface area (Å²) >= 11 is 0. The van der Waals surface area contributed by atoms with E-state index in [-0.39, 0.29) is 0 Å². The van der Waals surface area contributed by atoms with Crippen molar-refractivity contribution in [3.8, 4) is 27.9 Å². The zero-order chi connectivity index (χ0) is 28.8. The number of hydrogen-bond acceptors (Lipinski definition) is 1. The highest BCUT2D eigenvalue weighted by atomic mass is 15.1. The summed E-state index contributed by atoms with van der Waals surface area (Å²) in [6.07, 6.45) is 3.25. The van der Waals surface area contributed by atoms with Crippen LogP contribution < -0.4 is 0 Å². The monoisotopic (exact) mass is 552 g/mol. The van der Waals surface area contributed by atoms with Crippen LogP contribution in [0.15, 0.2) is 140 Å². The molecule has 8 rings (SSSR count). The van der Waals surface area contributed by atoms with Gasteiger partial charge in [0.1, 0.15) is 5.82 Å². The van der Waals surface area contributed by atoms with Gasteiger partial charge in [0.25, 0.3) is 0 Å². The molecular formula is C41H32N2. The molecule has 1 heterocycles. The van der Waals surface area contributed by atoms with E-state index in [4.69, 9.17) is 4.98 Å². The van der Waals surface area contributed by atoms with Gasteiger partial charge < -0.3 is 0 Å². The Morgan fingerprint density at radius 2 is 1.09 bits per heavy atom. The fraction of sp³-hybridized carbons (Fsp3) is 0.0976. The maximum Gasteiger partial charge on any atom is 0.114 e. The second-order valence-corrected chi connectivity index (χ2v) is 11.4. The molecule has 0 unspecified atom stereocenters. The average Bonchev–Trinajstić information content (AvgIpc) is 3.44. The minimum absolute atomic E-state index is 0.971. The van der Waals surface area contributed by atoms with Crippen molar-refractivity contribution in [1.29, 1.82) is 0 Å². The molecule has 0 atom stereocenters. The topological polar surface area (TPSA) is 17.8 Å². The van der Waals surface area contributed by atoms with Gasteiger partial charge in [0.2, 0.25) is 0 Å². The molecule has 0 amide bonds. The Kier molecular flexibility index (Phi) is 6.26. The van der Waals surface area contributed by atoms with Gasteiger partial charge in [-0.3, -0.25) is 4.57 Å². The molecule has 1 aromatic heterocycles. The predicted molar refractivity (Wildman–Crippen MR) is 183 cm³/mol. The quantitative estimate of drug-likeness (QED) is 0.188. The van der Waals surface area contributed by atoms with Crippen molar-refractivity contribution >= 4 is 43.4 Å². The van der Waals surface area contributed by atoms with E-state index >= 15 is 0 Å². The molecule has 0 aliphatic rings. The number of nitrogens with zero attached hydrogens (tertiary/aromatic N) is 2. The number of aryl methyl sites for hydroxylation is 1. The van der Waals surface area contributed by atoms with E-state index in [1.807, 2.05) is 0 Å². The van der Waals surface area contributed by atoms with Crippen molar-refractivity contribution in [2.45, 2.75) is 26.2 Å². The molecule has 0 N–H and O–H groups in total. The van der Waals surface area contributed by atoms with Gasteiger partial charge in [0.05, 0.1) is 11.0 Å². The molecule has 7 aromatic carbocycles. The lowest BCUT2D eigenvalue weighted by Gasteiger charge is -2.18. The van der Waals surface area contributed by atoms with Gasteiger partial charge in [-0.25, -0.2) is 4.98 Å². The molecule has 0 saturated carbocycles. The zero-order valence-corrected chi connectivity index (χ0v) is 24.3. The fourth-order valence-electron chi connectivity index (χ4n) is 6.74. The third kappa shape index (κ3) is 4.30. The number of fused-ring (bicyclic) bond motifs is 4. The number of hydrogen-bond donors (Lipinski definition) is 0. The van der Waals surface area contributed by atoms with Crippen LogP contribution in [0.2, 0.25) is 0 Å². The molecular weight excluding hydrogens is 520 g/mol. The van der Waals surface area contributed by atoms with Gasteiger partial charge in [-0.1, -0.05) is 123 Å². The normalized spacial score (nSPS) is 11.7. The van der Waals surface area contributed by atoms with Crippen LogP contribution >= 0.6 is 0 Å². The first kappa shape index (κ1) is 25.5. The van der Waals surface area contributed by atoms with Crippen LogP contribution in [-0.4, -0.2) is 9.55 Å². The van der Waals surface area contributed by atoms with E-state index in [0.717, 1.165) is 41.8 Å². The van der Waals surface area contributed by atoms with Gasteiger partial charge >= 0.3 is 0 Å². The molecule has 0 aliphatic heterocycles. The second-order valence-electron chi connectivity index (χ2n) is 11.4. The van der Waals surface area contributed by atoms with Gasteiger partial charge in [-0.2, -0.15) is 0 Å². The average molecular weight is 553 g/mol. The van der Waals surface area contributed by atoms with Gasteiger partial charge in [0, 0.05) is 12.1 Å². The molecule has 0 saturated heterocycles. The zero-order valence-electron chi connectivity index (χ0n) is 24.3. The van der Waals surface area contributed by atoms with Crippen LogP contribution in [0, 0.1) is 0 Å². The predicted octanol–water partition coefficient (Wildman–Crippen LogP) is 11.2. The minimum Gasteiger partial charge on any atom is -0.296 e. The van der Waals surface area contributed by atoms with Crippen LogP contribution in [0.4, 0.5) is 0 Å². The third-order valence-corrected chi connectivity index (χ3v) is 8.77. The maximum atomic E-state index is 5.01. The lowest BCUT2D eigenvalue weighted by atomic mass is 9.85. The molecule has 0 spiro atoms. The smallest absolute Gasteiger partial charge is 0.114 e. The Balaban J connectivity index is 1.33. The Bertz CT molecular complexity index is 2210. The summed E-state index contributed by atoms with van der Waals surface area (Å²) in [5.74, 6) is 1.13. The van der Waals surface area contributed by atoms with Gasteiger partial charge in [-0.05, 0) is 91.3 Å². The first-order valence-corrected chi connectivity index (χ1v) is 15.3. The van der Waals surface area contributed by atoms with Crippen molar-refractivity contribution in [1.82, 2.24) is 9.55 Å². The number of para-hydroxylation sites is 2. The van der Waals surface area contributed by atoms with E-state index in [1.165, 1.54) is 54.6 Å². The second kappa shape index (κ2) is 10.6. The summed E-state index contributed by atoms with van der Waals surface area (Å²) in [5, 5.41) is 7.62. The molecule has 206 valence electrons. The van der Waals surface area contributed by atoms with Crippen LogP contribution in [-0.2, 0) is 6.42 Å². The molecule has 8 aromatic rings. The first-order chi connectivity index (χ1) is 21.3. The highest BCUT2D eigenvalue weighted by Crippen LogP contribution is 2.44. The summed E-state index contributed by atoms with van der Waals surface area (Å²) in [4.78, 5) is 5.01. The molecule has 0 fully saturated rings. The van der Waals surface area contributed by atoms with Crippen molar-refractivity contribution in [3.05, 3.63) is 145 Å². The summed E-state index contributed by atoms with van der Waals surface area (Å²) in [6.45, 7) is 2.24. The maximum absolute atomic E-state index is 5.01. The lowest BCUT2D eigenvalue weighted by molar-refractivity contribution is 0.744. The van der Waals surface area contributed by atoms with E-state index < -0.39 is 0 Å². The largest absolute Gasteiger partial charge is 0.296 e. The first-order valence-electron chi connectivity index (χ1n) is 15.3. The van der Waals surface area contributed by atoms with Crippen molar-refractivity contribution < 1.29 is 0 Å². The van der Waals surface area contributed by atoms with Crippen LogP contribution in [0.5, 0.6) is 0 Å². The number of rotatable bonds is 6. The van der Waals surface area contributed by atoms with E-state index in [9.17, 15) is 0 Å². The Labute approximate surface area is 251 Å². The van der Waals surface area contributed by atoms with E-state index in [0.29, 0.717) is 0 Å². The highest BCUT2D eigenvalue weighted by molar-refractivity contribution is 6.21. The standard InChI is InChI=1S/C41H32N2/c1-2-3-20-39-42-37-18-10-11-19-38(37)43(39)32-25-23-29(24-26-32)40-33-14-6-8-16-35(33)41(36-17-9-7-15-34(36)40)31-22-21-28-12-4-5-13-30(28)27-31/h4-19,21-27H,2-3,20H2,1H3. The highest BCUT2D eigenvalue weighted by Gasteiger charge is 2.17. The molecule has 0 bridgehead atoms. The fourth-order valence-corrected chi connectivity index (χ4v) is 6.74. The Morgan fingerprint density at radius 1 is 0.535 bits per heavy atom. The van der Waals surface area contributed by atoms with Crippen molar-refractivity contribution in [3.63, 3.8) is 0 Å². The number of benzene rings is 7. The van der Waals surface area contributed by atoms with Crippen LogP contribution in [0.25, 0.3) is 71.3 Å². The third-order valence-electron chi connectivity index (χ3n) is 8.77. The van der Waals surface area contributed by atoms with Crippen molar-refractivity contribution in [2.24, 2.45) is 0 Å². The van der Waals surface area contributed by atoms with Gasteiger partial charge in [-0.15, -0.1) is 0 Å². The number of imidazole rings is 1. The molecule has 0 radical (unpaired) electrons. The summed E-state index contributed by atoms with van der Waals surface area (Å²) < 4.78 is 2.34. The Hall–Kier alpha value is -5.21. The lowest BCUT2D eigenvalue weighted by Crippen LogP contribution is -2.01. The molecule has 2 heteroatoms. The molecule has 2 nitrogen and oxygen atoms in total. The SMILES string of the molecule is CCCCc1nc2ccccc2n1-c1ccc(-c2c3ccccc3c(-c3ccc4ccccc4c3)c3ccccc23)cc1. The van der Waals surface area contributed by atoms with E-state index in [2.05, 4.69) is 151 Å². The summed E-state index contributed by atoms with van der Waals surface area (Å²) in [5.41, 5.74) is 8.42. The van der Waals surface area contributed by atoms with Crippen LogP contribution in [0.3, 0.4) is 0 Å². The number of unbranched alkanes of at least 4 members (excludes halogenated alkanes) is 1.